The van der Waals surface area contributed by atoms with Gasteiger partial charge in [-0.05, 0) is 18.2 Å². The third kappa shape index (κ3) is 2.83. The van der Waals surface area contributed by atoms with E-state index in [1.165, 1.54) is 0 Å². The Kier molecular flexibility index (Phi) is 3.33. The highest BCUT2D eigenvalue weighted by Gasteiger charge is 2.31. The Morgan fingerprint density at radius 3 is 2.44 bits per heavy atom. The third-order valence-electron chi connectivity index (χ3n) is 1.67. The topological polar surface area (TPSA) is 67.1 Å². The van der Waals surface area contributed by atoms with Gasteiger partial charge >= 0.3 is 12.2 Å². The predicted octanol–water partition coefficient (Wildman–Crippen LogP) is 1.84. The molecule has 0 aliphatic rings. The van der Waals surface area contributed by atoms with Crippen molar-refractivity contribution >= 4 is 11.7 Å². The summed E-state index contributed by atoms with van der Waals surface area (Å²) in [6, 6.07) is 0.638. The van der Waals surface area contributed by atoms with Crippen LogP contribution < -0.4 is 16.6 Å². The first-order valence-corrected chi connectivity index (χ1v) is 3.99. The molecule has 0 aliphatic heterocycles. The van der Waals surface area contributed by atoms with Crippen LogP contribution in [0.1, 0.15) is 5.56 Å². The number of benzene rings is 1. The van der Waals surface area contributed by atoms with Crippen LogP contribution in [-0.2, 0) is 6.18 Å². The third-order valence-corrected chi connectivity index (χ3v) is 1.67. The minimum atomic E-state index is -4.61. The highest BCUT2D eigenvalue weighted by atomic mass is 19.4. The first-order valence-electron chi connectivity index (χ1n) is 3.99. The van der Waals surface area contributed by atoms with Crippen LogP contribution in [0.2, 0.25) is 0 Å². The minimum Gasteiger partial charge on any atom is -0.304 e. The summed E-state index contributed by atoms with van der Waals surface area (Å²) in [7, 11) is 0. The number of hydrogen-bond donors (Lipinski definition) is 3. The monoisotopic (exact) mass is 237 g/mol. The van der Waals surface area contributed by atoms with Crippen molar-refractivity contribution in [3.05, 3.63) is 29.6 Å². The van der Waals surface area contributed by atoms with Crippen LogP contribution in [0.5, 0.6) is 0 Å². The first kappa shape index (κ1) is 12.2. The van der Waals surface area contributed by atoms with Crippen LogP contribution in [0.4, 0.5) is 28.0 Å². The second-order valence-corrected chi connectivity index (χ2v) is 2.79. The number of carbonyl (C=O) groups is 1. The Bertz CT molecular complexity index is 405. The molecule has 0 aromatic heterocycles. The zero-order valence-corrected chi connectivity index (χ0v) is 7.73. The molecule has 0 spiro atoms. The SMILES string of the molecule is NNC(=O)Nc1cc(C(F)(F)F)ccc1F. The minimum absolute atomic E-state index is 0.477. The fourth-order valence-corrected chi connectivity index (χ4v) is 0.956. The maximum absolute atomic E-state index is 13.0. The molecule has 4 N–H and O–H groups in total. The van der Waals surface area contributed by atoms with Gasteiger partial charge in [-0.25, -0.2) is 15.0 Å². The summed E-state index contributed by atoms with van der Waals surface area (Å²) in [6.07, 6.45) is -4.61. The van der Waals surface area contributed by atoms with E-state index < -0.39 is 29.3 Å². The summed E-state index contributed by atoms with van der Waals surface area (Å²) in [4.78, 5) is 10.7. The van der Waals surface area contributed by atoms with E-state index in [1.807, 2.05) is 5.32 Å². The number of nitrogens with two attached hydrogens (primary N) is 1. The molecule has 0 radical (unpaired) electrons. The van der Waals surface area contributed by atoms with Gasteiger partial charge in [0.2, 0.25) is 0 Å². The van der Waals surface area contributed by atoms with Gasteiger partial charge in [0.25, 0.3) is 0 Å². The van der Waals surface area contributed by atoms with Crippen molar-refractivity contribution in [3.8, 4) is 0 Å². The molecule has 4 nitrogen and oxygen atoms in total. The van der Waals surface area contributed by atoms with Crippen molar-refractivity contribution in [1.29, 1.82) is 0 Å². The molecule has 0 saturated carbocycles. The molecular formula is C8H7F4N3O. The molecule has 0 atom stereocenters. The lowest BCUT2D eigenvalue weighted by Crippen LogP contribution is -2.34. The molecule has 8 heteroatoms. The first-order chi connectivity index (χ1) is 7.34. The number of amides is 2. The molecule has 2 amide bonds. The Labute approximate surface area is 87.4 Å². The summed E-state index contributed by atoms with van der Waals surface area (Å²) in [5.74, 6) is 3.70. The standard InChI is InChI=1S/C8H7F4N3O/c9-5-2-1-4(8(10,11)12)3-6(5)14-7(16)15-13/h1-3H,13H2,(H2,14,15,16). The maximum Gasteiger partial charge on any atom is 0.416 e. The molecule has 0 bridgehead atoms. The number of carbonyl (C=O) groups excluding carboxylic acids is 1. The lowest BCUT2D eigenvalue weighted by molar-refractivity contribution is -0.137. The van der Waals surface area contributed by atoms with E-state index in [0.717, 1.165) is 0 Å². The van der Waals surface area contributed by atoms with Crippen LogP contribution >= 0.6 is 0 Å². The van der Waals surface area contributed by atoms with Gasteiger partial charge in [0, 0.05) is 0 Å². The summed E-state index contributed by atoms with van der Waals surface area (Å²) in [5.41, 5.74) is -0.0667. The van der Waals surface area contributed by atoms with Gasteiger partial charge in [0.15, 0.2) is 0 Å². The zero-order valence-electron chi connectivity index (χ0n) is 7.73. The fourth-order valence-electron chi connectivity index (χ4n) is 0.956. The van der Waals surface area contributed by atoms with Crippen LogP contribution in [-0.4, -0.2) is 6.03 Å². The molecule has 0 fully saturated rings. The average molecular weight is 237 g/mol. The van der Waals surface area contributed by atoms with Crippen molar-refractivity contribution < 1.29 is 22.4 Å². The van der Waals surface area contributed by atoms with Crippen LogP contribution in [0.25, 0.3) is 0 Å². The van der Waals surface area contributed by atoms with Crippen molar-refractivity contribution in [1.82, 2.24) is 5.43 Å². The van der Waals surface area contributed by atoms with Gasteiger partial charge in [-0.2, -0.15) is 13.2 Å². The summed E-state index contributed by atoms with van der Waals surface area (Å²) in [6.45, 7) is 0. The van der Waals surface area contributed by atoms with Gasteiger partial charge in [-0.15, -0.1) is 0 Å². The van der Waals surface area contributed by atoms with E-state index >= 15 is 0 Å². The lowest BCUT2D eigenvalue weighted by atomic mass is 10.2. The summed E-state index contributed by atoms with van der Waals surface area (Å²) < 4.78 is 49.7. The van der Waals surface area contributed by atoms with Crippen LogP contribution in [0.3, 0.4) is 0 Å². The highest BCUT2D eigenvalue weighted by Crippen LogP contribution is 2.31. The molecule has 0 heterocycles. The molecule has 1 aromatic carbocycles. The molecule has 0 unspecified atom stereocenters. The summed E-state index contributed by atoms with van der Waals surface area (Å²) in [5, 5.41) is 1.82. The van der Waals surface area contributed by atoms with Gasteiger partial charge < -0.3 is 5.32 Å². The van der Waals surface area contributed by atoms with Gasteiger partial charge in [-0.1, -0.05) is 0 Å². The second-order valence-electron chi connectivity index (χ2n) is 2.79. The maximum atomic E-state index is 13.0. The highest BCUT2D eigenvalue weighted by molar-refractivity contribution is 5.88. The van der Waals surface area contributed by atoms with E-state index in [2.05, 4.69) is 5.84 Å². The Morgan fingerprint density at radius 1 is 1.31 bits per heavy atom. The van der Waals surface area contributed by atoms with Crippen molar-refractivity contribution in [2.75, 3.05) is 5.32 Å². The van der Waals surface area contributed by atoms with Crippen molar-refractivity contribution in [2.24, 2.45) is 5.84 Å². The molecule has 16 heavy (non-hydrogen) atoms. The Hall–Kier alpha value is -1.83. The predicted molar refractivity (Wildman–Crippen MR) is 47.7 cm³/mol. The molecule has 1 rings (SSSR count). The van der Waals surface area contributed by atoms with Crippen LogP contribution in [0.15, 0.2) is 18.2 Å². The van der Waals surface area contributed by atoms with Crippen LogP contribution in [0, 0.1) is 5.82 Å². The normalized spacial score (nSPS) is 11.1. The number of rotatable bonds is 1. The molecule has 88 valence electrons. The number of anilines is 1. The van der Waals surface area contributed by atoms with Gasteiger partial charge in [-0.3, -0.25) is 5.43 Å². The lowest BCUT2D eigenvalue weighted by Gasteiger charge is -2.10. The smallest absolute Gasteiger partial charge is 0.304 e. The van der Waals surface area contributed by atoms with Crippen molar-refractivity contribution in [2.45, 2.75) is 6.18 Å². The quantitative estimate of drug-likeness (QED) is 0.302. The Morgan fingerprint density at radius 2 is 1.94 bits per heavy atom. The zero-order chi connectivity index (χ0) is 12.3. The average Bonchev–Trinajstić information content (AvgIpc) is 2.19. The van der Waals surface area contributed by atoms with E-state index in [1.54, 1.807) is 5.43 Å². The van der Waals surface area contributed by atoms with E-state index in [-0.39, 0.29) is 0 Å². The molecule has 0 aliphatic carbocycles. The second kappa shape index (κ2) is 4.35. The molecular weight excluding hydrogens is 230 g/mol. The van der Waals surface area contributed by atoms with E-state index in [9.17, 15) is 22.4 Å². The number of alkyl halides is 3. The number of hydrazine groups is 1. The van der Waals surface area contributed by atoms with Crippen molar-refractivity contribution in [3.63, 3.8) is 0 Å². The largest absolute Gasteiger partial charge is 0.416 e. The molecule has 1 aromatic rings. The Balaban J connectivity index is 3.04. The fraction of sp³-hybridized carbons (Fsp3) is 0.125. The van der Waals surface area contributed by atoms with E-state index in [4.69, 9.17) is 0 Å². The summed E-state index contributed by atoms with van der Waals surface area (Å²) >= 11 is 0. The molecule has 0 saturated heterocycles. The number of halogens is 4. The number of nitrogens with one attached hydrogen (secondary N) is 2. The van der Waals surface area contributed by atoms with Gasteiger partial charge in [0.05, 0.1) is 11.3 Å². The van der Waals surface area contributed by atoms with E-state index in [0.29, 0.717) is 18.2 Å². The number of hydrogen-bond acceptors (Lipinski definition) is 2. The van der Waals surface area contributed by atoms with Gasteiger partial charge in [0.1, 0.15) is 5.82 Å². The number of urea groups is 1.